The predicted molar refractivity (Wildman–Crippen MR) is 84.3 cm³/mol. The predicted octanol–water partition coefficient (Wildman–Crippen LogP) is 2.57. The van der Waals surface area contributed by atoms with E-state index < -0.39 is 6.10 Å². The Morgan fingerprint density at radius 1 is 1.29 bits per heavy atom. The van der Waals surface area contributed by atoms with Gasteiger partial charge in [-0.3, -0.25) is 4.79 Å². The van der Waals surface area contributed by atoms with E-state index in [1.165, 1.54) is 18.4 Å². The third-order valence-corrected chi connectivity index (χ3v) is 3.83. The van der Waals surface area contributed by atoms with Crippen molar-refractivity contribution in [3.8, 4) is 5.75 Å². The largest absolute Gasteiger partial charge is 0.481 e. The second-order valence-corrected chi connectivity index (χ2v) is 5.57. The minimum Gasteiger partial charge on any atom is -0.481 e. The highest BCUT2D eigenvalue weighted by atomic mass is 16.5. The summed E-state index contributed by atoms with van der Waals surface area (Å²) in [5.74, 6) is 0.789. The standard InChI is InChI=1S/C17H26N2O2/c1-4-19(5-2)17(20)13(3)21-16-10-6-14(7-11-16)12-18-15-8-9-15/h6-7,10-11,13,15,18H,4-5,8-9,12H2,1-3H3. The van der Waals surface area contributed by atoms with Gasteiger partial charge in [0.1, 0.15) is 5.75 Å². The number of carbonyl (C=O) groups is 1. The topological polar surface area (TPSA) is 41.6 Å². The Bertz CT molecular complexity index is 450. The highest BCUT2D eigenvalue weighted by Crippen LogP contribution is 2.20. The molecule has 1 atom stereocenters. The van der Waals surface area contributed by atoms with Crippen LogP contribution in [0.5, 0.6) is 5.75 Å². The molecule has 0 aliphatic heterocycles. The Labute approximate surface area is 127 Å². The molecule has 0 spiro atoms. The number of ether oxygens (including phenoxy) is 1. The summed E-state index contributed by atoms with van der Waals surface area (Å²) in [4.78, 5) is 13.9. The van der Waals surface area contributed by atoms with Gasteiger partial charge in [-0.2, -0.15) is 0 Å². The molecule has 0 radical (unpaired) electrons. The summed E-state index contributed by atoms with van der Waals surface area (Å²) in [6.45, 7) is 8.11. The van der Waals surface area contributed by atoms with Crippen molar-refractivity contribution in [2.24, 2.45) is 0 Å². The molecule has 1 saturated carbocycles. The molecular formula is C17H26N2O2. The lowest BCUT2D eigenvalue weighted by Crippen LogP contribution is -2.40. The van der Waals surface area contributed by atoms with Crippen LogP contribution >= 0.6 is 0 Å². The average molecular weight is 290 g/mol. The summed E-state index contributed by atoms with van der Waals surface area (Å²) >= 11 is 0. The van der Waals surface area contributed by atoms with Gasteiger partial charge in [0.2, 0.25) is 0 Å². The zero-order valence-electron chi connectivity index (χ0n) is 13.3. The van der Waals surface area contributed by atoms with Gasteiger partial charge >= 0.3 is 0 Å². The first-order chi connectivity index (χ1) is 10.1. The van der Waals surface area contributed by atoms with E-state index in [1.54, 1.807) is 4.90 Å². The van der Waals surface area contributed by atoms with Crippen LogP contribution in [0.4, 0.5) is 0 Å². The van der Waals surface area contributed by atoms with Crippen LogP contribution in [0.15, 0.2) is 24.3 Å². The summed E-state index contributed by atoms with van der Waals surface area (Å²) in [5.41, 5.74) is 1.25. The smallest absolute Gasteiger partial charge is 0.263 e. The summed E-state index contributed by atoms with van der Waals surface area (Å²) < 4.78 is 5.74. The monoisotopic (exact) mass is 290 g/mol. The fourth-order valence-corrected chi connectivity index (χ4v) is 2.28. The molecule has 4 nitrogen and oxygen atoms in total. The Morgan fingerprint density at radius 3 is 2.43 bits per heavy atom. The van der Waals surface area contributed by atoms with E-state index in [-0.39, 0.29) is 5.91 Å². The van der Waals surface area contributed by atoms with E-state index in [9.17, 15) is 4.79 Å². The molecule has 0 heterocycles. The van der Waals surface area contributed by atoms with Gasteiger partial charge in [-0.15, -0.1) is 0 Å². The number of carbonyl (C=O) groups excluding carboxylic acids is 1. The van der Waals surface area contributed by atoms with E-state index >= 15 is 0 Å². The molecule has 0 aromatic heterocycles. The van der Waals surface area contributed by atoms with Gasteiger partial charge in [-0.25, -0.2) is 0 Å². The molecule has 4 heteroatoms. The molecule has 1 aliphatic rings. The number of nitrogens with one attached hydrogen (secondary N) is 1. The first-order valence-electron chi connectivity index (χ1n) is 7.91. The lowest BCUT2D eigenvalue weighted by molar-refractivity contribution is -0.137. The van der Waals surface area contributed by atoms with E-state index in [0.717, 1.165) is 25.4 Å². The number of nitrogens with zero attached hydrogens (tertiary/aromatic N) is 1. The number of benzene rings is 1. The maximum atomic E-state index is 12.2. The second-order valence-electron chi connectivity index (χ2n) is 5.57. The molecule has 1 unspecified atom stereocenters. The van der Waals surface area contributed by atoms with Crippen molar-refractivity contribution in [3.63, 3.8) is 0 Å². The Balaban J connectivity index is 1.85. The van der Waals surface area contributed by atoms with Gasteiger partial charge in [0.05, 0.1) is 0 Å². The maximum Gasteiger partial charge on any atom is 0.263 e. The van der Waals surface area contributed by atoms with Crippen LogP contribution in [0.1, 0.15) is 39.2 Å². The molecule has 1 aliphatic carbocycles. The third kappa shape index (κ3) is 4.74. The first-order valence-corrected chi connectivity index (χ1v) is 7.91. The van der Waals surface area contributed by atoms with Crippen LogP contribution in [0.2, 0.25) is 0 Å². The number of amides is 1. The zero-order valence-corrected chi connectivity index (χ0v) is 13.3. The fraction of sp³-hybridized carbons (Fsp3) is 0.588. The molecule has 1 aromatic carbocycles. The molecule has 2 rings (SSSR count). The average Bonchev–Trinajstić information content (AvgIpc) is 3.32. The lowest BCUT2D eigenvalue weighted by Gasteiger charge is -2.23. The lowest BCUT2D eigenvalue weighted by atomic mass is 10.2. The second kappa shape index (κ2) is 7.46. The van der Waals surface area contributed by atoms with Crippen molar-refractivity contribution in [1.29, 1.82) is 0 Å². The number of hydrogen-bond donors (Lipinski definition) is 1. The van der Waals surface area contributed by atoms with Crippen LogP contribution < -0.4 is 10.1 Å². The normalized spacial score (nSPS) is 15.6. The Morgan fingerprint density at radius 2 is 1.90 bits per heavy atom. The summed E-state index contributed by atoms with van der Waals surface area (Å²) in [5, 5.41) is 3.48. The highest BCUT2D eigenvalue weighted by molar-refractivity contribution is 5.80. The number of hydrogen-bond acceptors (Lipinski definition) is 3. The van der Waals surface area contributed by atoms with E-state index in [4.69, 9.17) is 4.74 Å². The molecule has 116 valence electrons. The minimum absolute atomic E-state index is 0.0412. The molecule has 1 N–H and O–H groups in total. The van der Waals surface area contributed by atoms with Gasteiger partial charge in [0.15, 0.2) is 6.10 Å². The molecule has 0 saturated heterocycles. The molecule has 21 heavy (non-hydrogen) atoms. The van der Waals surface area contributed by atoms with Gasteiger partial charge < -0.3 is 15.0 Å². The maximum absolute atomic E-state index is 12.2. The number of rotatable bonds is 8. The van der Waals surface area contributed by atoms with Crippen molar-refractivity contribution in [3.05, 3.63) is 29.8 Å². The Kier molecular flexibility index (Phi) is 5.62. The van der Waals surface area contributed by atoms with Crippen LogP contribution in [0.3, 0.4) is 0 Å². The molecular weight excluding hydrogens is 264 g/mol. The van der Waals surface area contributed by atoms with E-state index in [2.05, 4.69) is 17.4 Å². The van der Waals surface area contributed by atoms with Crippen molar-refractivity contribution in [2.45, 2.75) is 52.3 Å². The van der Waals surface area contributed by atoms with Crippen molar-refractivity contribution < 1.29 is 9.53 Å². The zero-order chi connectivity index (χ0) is 15.2. The van der Waals surface area contributed by atoms with E-state index in [1.807, 2.05) is 32.9 Å². The Hall–Kier alpha value is -1.55. The van der Waals surface area contributed by atoms with Crippen LogP contribution in [0.25, 0.3) is 0 Å². The summed E-state index contributed by atoms with van der Waals surface area (Å²) in [6, 6.07) is 8.71. The fourth-order valence-electron chi connectivity index (χ4n) is 2.28. The van der Waals surface area contributed by atoms with Crippen LogP contribution in [-0.2, 0) is 11.3 Å². The van der Waals surface area contributed by atoms with Crippen LogP contribution in [-0.4, -0.2) is 36.0 Å². The van der Waals surface area contributed by atoms with Gasteiger partial charge in [-0.05, 0) is 51.3 Å². The SMILES string of the molecule is CCN(CC)C(=O)C(C)Oc1ccc(CNC2CC2)cc1. The van der Waals surface area contributed by atoms with Crippen LogP contribution in [0, 0.1) is 0 Å². The molecule has 1 fully saturated rings. The minimum atomic E-state index is -0.444. The van der Waals surface area contributed by atoms with Gasteiger partial charge in [-0.1, -0.05) is 12.1 Å². The van der Waals surface area contributed by atoms with E-state index in [0.29, 0.717) is 6.04 Å². The van der Waals surface area contributed by atoms with Gasteiger partial charge in [0, 0.05) is 25.7 Å². The molecule has 1 amide bonds. The molecule has 1 aromatic rings. The summed E-state index contributed by atoms with van der Waals surface area (Å²) in [6.07, 6.45) is 2.15. The molecule has 0 bridgehead atoms. The quantitative estimate of drug-likeness (QED) is 0.800. The first kappa shape index (κ1) is 15.8. The van der Waals surface area contributed by atoms with Crippen molar-refractivity contribution in [2.75, 3.05) is 13.1 Å². The van der Waals surface area contributed by atoms with Gasteiger partial charge in [0.25, 0.3) is 5.91 Å². The summed E-state index contributed by atoms with van der Waals surface area (Å²) in [7, 11) is 0. The number of likely N-dealkylation sites (N-methyl/N-ethyl adjacent to an activating group) is 1. The van der Waals surface area contributed by atoms with Crippen molar-refractivity contribution in [1.82, 2.24) is 10.2 Å². The third-order valence-electron chi connectivity index (χ3n) is 3.83. The highest BCUT2D eigenvalue weighted by Gasteiger charge is 2.20. The van der Waals surface area contributed by atoms with Crippen molar-refractivity contribution >= 4 is 5.91 Å².